The number of aliphatic hydroxyl groups is 2. The van der Waals surface area contributed by atoms with Gasteiger partial charge in [-0.1, -0.05) is 27.8 Å². The summed E-state index contributed by atoms with van der Waals surface area (Å²) < 4.78 is 16.3. The fourth-order valence-corrected chi connectivity index (χ4v) is 7.88. The number of thiazole rings is 4. The van der Waals surface area contributed by atoms with Crippen molar-refractivity contribution in [2.24, 2.45) is 60.8 Å². The largest absolute Gasteiger partial charge is 0.508 e. The van der Waals surface area contributed by atoms with Crippen molar-refractivity contribution in [2.75, 3.05) is 10.7 Å². The number of allylic oxidation sites excluding steroid dienone is 6. The molecule has 0 aliphatic heterocycles. The summed E-state index contributed by atoms with van der Waals surface area (Å²) in [6.45, 7) is 0. The Kier molecular flexibility index (Phi) is 26.6. The van der Waals surface area contributed by atoms with E-state index in [1.54, 1.807) is 27.7 Å². The van der Waals surface area contributed by atoms with E-state index in [1.807, 2.05) is 38.4 Å². The standard InChI is InChI=1S/C16H15FN6.3C9H6N4O4S.C3H4N4O2S.Co.H2O/c1-22-11-18-23(2)16(22)21-20-15-9-7-14(8-10-15)19-13-5-3-12(17)4-6-13;3*14-5-1-2-6(7(15)3-5)11-12-9-10-4-8(18-9)13(16)17;4-6-3-5-1-2(10-3)7(8)9;;/h3-11H,1-2H3;2*1-4H,(H2,10,12,14,15);1-4,14-15H;1H,4H2,(H,5,6);;1H2/p-1. The van der Waals surface area contributed by atoms with Crippen molar-refractivity contribution in [2.45, 2.75) is 0 Å². The van der Waals surface area contributed by atoms with E-state index in [1.165, 1.54) is 48.6 Å². The second kappa shape index (κ2) is 33.9. The molecule has 8 aromatic rings. The molecule has 0 atom stereocenters. The molecule has 0 amide bonds. The van der Waals surface area contributed by atoms with Crippen LogP contribution in [-0.2, 0) is 40.5 Å². The Bertz CT molecular complexity index is 4120. The van der Waals surface area contributed by atoms with Crippen LogP contribution in [-0.4, -0.2) is 88.3 Å². The number of nitrogens with one attached hydrogen (secondary N) is 2. The van der Waals surface area contributed by atoms with E-state index in [4.69, 9.17) is 10.9 Å². The molecule has 2 aliphatic rings. The number of anilines is 3. The van der Waals surface area contributed by atoms with Gasteiger partial charge < -0.3 is 51.4 Å². The molecule has 0 saturated heterocycles. The Hall–Kier alpha value is -11.5. The third-order valence-electron chi connectivity index (χ3n) is 9.62. The van der Waals surface area contributed by atoms with Crippen molar-refractivity contribution in [3.8, 4) is 11.5 Å². The molecule has 463 valence electrons. The number of hydrazine groups is 1. The first-order valence-electron chi connectivity index (χ1n) is 23.1. The molecule has 0 unspecified atom stereocenters. The summed E-state index contributed by atoms with van der Waals surface area (Å²) in [5, 5.41) is 116. The maximum atomic E-state index is 12.9. The second-order valence-electron chi connectivity index (χ2n) is 15.7. The molecular weight excluding hydrogens is 1310 g/mol. The van der Waals surface area contributed by atoms with Gasteiger partial charge in [0, 0.05) is 73.5 Å². The first-order chi connectivity index (χ1) is 41.5. The maximum Gasteiger partial charge on any atom is 0.403 e. The van der Waals surface area contributed by atoms with E-state index >= 15 is 0 Å². The minimum atomic E-state index is -0.583. The van der Waals surface area contributed by atoms with Crippen LogP contribution in [0.1, 0.15) is 0 Å². The smallest absolute Gasteiger partial charge is 0.403 e. The Morgan fingerprint density at radius 1 is 0.652 bits per heavy atom. The van der Waals surface area contributed by atoms with Crippen molar-refractivity contribution in [3.05, 3.63) is 202 Å². The molecule has 0 saturated carbocycles. The zero-order valence-corrected chi connectivity index (χ0v) is 48.8. The number of nitro groups is 4. The van der Waals surface area contributed by atoms with Gasteiger partial charge in [-0.15, -0.1) is 14.9 Å². The molecule has 10 rings (SSSR count). The van der Waals surface area contributed by atoms with Gasteiger partial charge in [-0.25, -0.2) is 24.8 Å². The third-order valence-corrected chi connectivity index (χ3v) is 13.0. The van der Waals surface area contributed by atoms with E-state index in [0.29, 0.717) is 11.1 Å². The number of aromatic nitrogens is 7. The van der Waals surface area contributed by atoms with Crippen molar-refractivity contribution in [1.29, 1.82) is 0 Å². The van der Waals surface area contributed by atoms with Crippen LogP contribution in [0.5, 0.6) is 11.5 Å². The monoisotopic (exact) mass is 1340 g/mol. The number of aryl methyl sites for hydroxylation is 2. The van der Waals surface area contributed by atoms with Crippen LogP contribution in [0.2, 0.25) is 0 Å². The molecule has 5 aromatic heterocycles. The predicted molar refractivity (Wildman–Crippen MR) is 312 cm³/mol. The first-order valence-corrected chi connectivity index (χ1v) is 26.4. The Morgan fingerprint density at radius 3 is 1.58 bits per heavy atom. The van der Waals surface area contributed by atoms with Gasteiger partial charge in [-0.05, 0) is 113 Å². The summed E-state index contributed by atoms with van der Waals surface area (Å²) in [5.74, 6) is 3.67. The molecule has 0 bridgehead atoms. The van der Waals surface area contributed by atoms with Crippen LogP contribution < -0.4 is 40.7 Å². The van der Waals surface area contributed by atoms with Crippen LogP contribution in [0.15, 0.2) is 187 Å². The molecule has 1 radical (unpaired) electrons. The van der Waals surface area contributed by atoms with Crippen LogP contribution >= 0.6 is 45.3 Å². The zero-order chi connectivity index (χ0) is 63.2. The number of phenols is 2. The summed E-state index contributed by atoms with van der Waals surface area (Å²) in [6, 6.07) is 17.5. The van der Waals surface area contributed by atoms with Crippen molar-refractivity contribution >= 4 is 127 Å². The summed E-state index contributed by atoms with van der Waals surface area (Å²) >= 11 is 3.17. The van der Waals surface area contributed by atoms with Crippen LogP contribution in [0.3, 0.4) is 0 Å². The number of phenolic OH excluding ortho intramolecular Hbond substituents is 2. The topological polar surface area (TPSA) is 544 Å². The van der Waals surface area contributed by atoms with Crippen LogP contribution in [0.25, 0.3) is 0 Å². The van der Waals surface area contributed by atoms with E-state index in [-0.39, 0.29) is 115 Å². The van der Waals surface area contributed by atoms with Crippen LogP contribution in [0, 0.1) is 46.3 Å². The Balaban J connectivity index is 0.000000241. The number of carbonyl (C=O) groups excluding carboxylic acids is 2. The Labute approximate surface area is 520 Å². The van der Waals surface area contributed by atoms with Crippen molar-refractivity contribution in [3.63, 3.8) is 0 Å². The number of aromatic hydroxyl groups is 2. The molecule has 3 aromatic carbocycles. The van der Waals surface area contributed by atoms with Gasteiger partial charge in [-0.3, -0.25) is 65.7 Å². The molecule has 10 N–H and O–H groups in total. The van der Waals surface area contributed by atoms with Crippen LogP contribution in [0.4, 0.5) is 63.4 Å². The maximum absolute atomic E-state index is 12.9. The first kappa shape index (κ1) is 70.0. The normalized spacial score (nSPS) is 13.5. The SMILES string of the molecule is Cn1nc[n+](C)c1N=Nc1ccc(Nc2ccc(F)cc2)cc1.NNc1ncc([N+](=O)[O-])s1.O.O=C1C=CC(=NN=c2[n-]cc([N+](=O)[O-])s2)C(O)=C1.O=C1C=CC(=NN=c2[n-]cc([N+](=O)[O-])s2)C(O)=C1.O=[N+]([O-])c1cnc(N=Nc2ccc(O)cc2O)s1.[Co]. The number of hydrogen-bond donors (Lipinski definition) is 7. The molecule has 2 aliphatic carbocycles. The van der Waals surface area contributed by atoms with E-state index in [9.17, 15) is 69.8 Å². The van der Waals surface area contributed by atoms with Gasteiger partial charge in [-0.2, -0.15) is 0 Å². The Morgan fingerprint density at radius 2 is 1.16 bits per heavy atom. The molecular formula is C46H38CoFN22O15S4-. The molecule has 89 heavy (non-hydrogen) atoms. The molecule has 37 nitrogen and oxygen atoms in total. The molecule has 5 heterocycles. The number of azo groups is 2. The number of nitrogen functional groups attached to an aromatic ring is 1. The minimum Gasteiger partial charge on any atom is -0.508 e. The van der Waals surface area contributed by atoms with Crippen molar-refractivity contribution in [1.82, 2.24) is 29.7 Å². The number of rotatable bonds is 13. The number of nitrogens with two attached hydrogens (primary N) is 1. The minimum absolute atomic E-state index is 0. The predicted octanol–water partition coefficient (Wildman–Crippen LogP) is 6.83. The van der Waals surface area contributed by atoms with E-state index < -0.39 is 19.7 Å². The van der Waals surface area contributed by atoms with Crippen molar-refractivity contribution < 1.29 is 80.9 Å². The zero-order valence-electron chi connectivity index (χ0n) is 44.5. The van der Waals surface area contributed by atoms with Gasteiger partial charge in [0.2, 0.25) is 16.6 Å². The number of aliphatic hydroxyl groups excluding tert-OH is 2. The van der Waals surface area contributed by atoms with Gasteiger partial charge in [0.1, 0.15) is 58.3 Å². The summed E-state index contributed by atoms with van der Waals surface area (Å²) in [7, 11) is 3.67. The number of benzene rings is 3. The van der Waals surface area contributed by atoms with E-state index in [2.05, 4.69) is 76.6 Å². The fourth-order valence-electron chi connectivity index (χ4n) is 5.68. The number of nitrogens with zero attached hydrogens (tertiary/aromatic N) is 19. The van der Waals surface area contributed by atoms with E-state index in [0.717, 1.165) is 105 Å². The van der Waals surface area contributed by atoms with Gasteiger partial charge in [0.25, 0.3) is 0 Å². The summed E-state index contributed by atoms with van der Waals surface area (Å²) in [4.78, 5) is 75.6. The second-order valence-corrected chi connectivity index (χ2v) is 19.7. The van der Waals surface area contributed by atoms with Gasteiger partial charge >= 0.3 is 26.0 Å². The number of carbonyl (C=O) groups is 2. The van der Waals surface area contributed by atoms with Gasteiger partial charge in [0.15, 0.2) is 11.6 Å². The summed E-state index contributed by atoms with van der Waals surface area (Å²) in [5.41, 5.74) is 4.96. The average molecular weight is 1350 g/mol. The molecule has 43 heteroatoms. The quantitative estimate of drug-likeness (QED) is 0.0155. The molecule has 0 spiro atoms. The number of hydrogen-bond acceptors (Lipinski definition) is 32. The fraction of sp³-hybridized carbons (Fsp3) is 0.0435. The average Bonchev–Trinajstić information content (AvgIpc) is 4.59. The summed E-state index contributed by atoms with van der Waals surface area (Å²) in [6.07, 6.45) is 13.1. The third kappa shape index (κ3) is 22.1. The number of ketones is 2. The molecule has 0 fully saturated rings. The van der Waals surface area contributed by atoms with Gasteiger partial charge in [0.05, 0.1) is 39.5 Å². The number of halogens is 1.